The number of carbonyl (C=O) groups excluding carboxylic acids is 1. The summed E-state index contributed by atoms with van der Waals surface area (Å²) in [5.74, 6) is -1.62. The molecule has 0 aromatic carbocycles. The van der Waals surface area contributed by atoms with Crippen molar-refractivity contribution in [2.75, 3.05) is 12.4 Å². The van der Waals surface area contributed by atoms with Gasteiger partial charge in [-0.2, -0.15) is 12.6 Å². The number of rotatable bonds is 5. The minimum Gasteiger partial charge on any atom is -0.346 e. The van der Waals surface area contributed by atoms with Crippen LogP contribution in [0.15, 0.2) is 0 Å². The summed E-state index contributed by atoms with van der Waals surface area (Å²) in [5.41, 5.74) is 0. The van der Waals surface area contributed by atoms with Gasteiger partial charge in [0.05, 0.1) is 6.61 Å². The SMILES string of the molecule is CC(=O)OS(=O)(=O)CCOS(=O)O. The molecule has 0 saturated heterocycles. The highest BCUT2D eigenvalue weighted by molar-refractivity contribution is 7.87. The van der Waals surface area contributed by atoms with Crippen molar-refractivity contribution in [1.29, 1.82) is 0 Å². The predicted octanol–water partition coefficient (Wildman–Crippen LogP) is -0.967. The second-order valence-electron chi connectivity index (χ2n) is 1.88. The molecule has 7 nitrogen and oxygen atoms in total. The molecule has 0 heterocycles. The van der Waals surface area contributed by atoms with E-state index in [9.17, 15) is 17.4 Å². The van der Waals surface area contributed by atoms with E-state index in [1.54, 1.807) is 0 Å². The largest absolute Gasteiger partial charge is 0.346 e. The van der Waals surface area contributed by atoms with E-state index < -0.39 is 39.8 Å². The van der Waals surface area contributed by atoms with Crippen LogP contribution in [0.5, 0.6) is 0 Å². The van der Waals surface area contributed by atoms with Crippen molar-refractivity contribution in [2.45, 2.75) is 6.92 Å². The fourth-order valence-electron chi connectivity index (χ4n) is 0.428. The third kappa shape index (κ3) is 7.84. The van der Waals surface area contributed by atoms with Gasteiger partial charge < -0.3 is 4.18 Å². The highest BCUT2D eigenvalue weighted by Crippen LogP contribution is 1.94. The maximum absolute atomic E-state index is 10.7. The van der Waals surface area contributed by atoms with Crippen molar-refractivity contribution in [3.05, 3.63) is 0 Å². The van der Waals surface area contributed by atoms with Crippen LogP contribution in [0.1, 0.15) is 6.92 Å². The van der Waals surface area contributed by atoms with Gasteiger partial charge in [-0.1, -0.05) is 0 Å². The first kappa shape index (κ1) is 12.5. The van der Waals surface area contributed by atoms with Crippen LogP contribution in [-0.2, 0) is 34.6 Å². The van der Waals surface area contributed by atoms with Gasteiger partial charge in [0.2, 0.25) is 0 Å². The van der Waals surface area contributed by atoms with E-state index in [0.29, 0.717) is 0 Å². The quantitative estimate of drug-likeness (QED) is 0.480. The fourth-order valence-corrected chi connectivity index (χ4v) is 1.49. The lowest BCUT2D eigenvalue weighted by Gasteiger charge is -2.01. The van der Waals surface area contributed by atoms with E-state index in [1.807, 2.05) is 0 Å². The van der Waals surface area contributed by atoms with Crippen molar-refractivity contribution in [3.63, 3.8) is 0 Å². The van der Waals surface area contributed by atoms with Crippen molar-refractivity contribution in [1.82, 2.24) is 0 Å². The van der Waals surface area contributed by atoms with E-state index >= 15 is 0 Å². The molecule has 0 saturated carbocycles. The van der Waals surface area contributed by atoms with E-state index in [2.05, 4.69) is 8.37 Å². The van der Waals surface area contributed by atoms with Gasteiger partial charge in [-0.15, -0.1) is 0 Å². The summed E-state index contributed by atoms with van der Waals surface area (Å²) in [6.45, 7) is 0.418. The van der Waals surface area contributed by atoms with Crippen LogP contribution in [0.4, 0.5) is 0 Å². The topological polar surface area (TPSA) is 107 Å². The Morgan fingerprint density at radius 2 is 2.08 bits per heavy atom. The summed E-state index contributed by atoms with van der Waals surface area (Å²) in [5, 5.41) is 0. The third-order valence-electron chi connectivity index (χ3n) is 0.762. The Hall–Kier alpha value is -0.510. The molecule has 0 rings (SSSR count). The molecule has 78 valence electrons. The maximum atomic E-state index is 10.7. The standard InChI is InChI=1S/C4H8O7S2/c1-4(5)11-13(8,9)3-2-10-12(6)7/h2-3H2,1H3,(H,6,7). The van der Waals surface area contributed by atoms with Gasteiger partial charge in [0.1, 0.15) is 5.75 Å². The van der Waals surface area contributed by atoms with Gasteiger partial charge >= 0.3 is 27.4 Å². The molecule has 9 heteroatoms. The Bertz CT molecular complexity index is 292. The number of carbonyl (C=O) groups is 1. The Balaban J connectivity index is 3.91. The summed E-state index contributed by atoms with van der Waals surface area (Å²) in [6, 6.07) is 0. The van der Waals surface area contributed by atoms with E-state index in [-0.39, 0.29) is 0 Å². The van der Waals surface area contributed by atoms with Gasteiger partial charge in [0.25, 0.3) is 0 Å². The molecule has 0 amide bonds. The summed E-state index contributed by atoms with van der Waals surface area (Å²) in [4.78, 5) is 10.2. The van der Waals surface area contributed by atoms with Crippen LogP contribution in [0, 0.1) is 0 Å². The number of hydrogen-bond donors (Lipinski definition) is 1. The van der Waals surface area contributed by atoms with Gasteiger partial charge in [-0.25, -0.2) is 0 Å². The Kier molecular flexibility index (Phi) is 5.06. The summed E-state index contributed by atoms with van der Waals surface area (Å²) < 4.78 is 47.3. The molecule has 1 N–H and O–H groups in total. The minimum atomic E-state index is -4.00. The summed E-state index contributed by atoms with van der Waals surface area (Å²) in [7, 11) is -4.00. The van der Waals surface area contributed by atoms with Gasteiger partial charge in [0.15, 0.2) is 0 Å². The number of hydrogen-bond acceptors (Lipinski definition) is 6. The van der Waals surface area contributed by atoms with Crippen LogP contribution in [0.3, 0.4) is 0 Å². The molecule has 0 radical (unpaired) electrons. The van der Waals surface area contributed by atoms with Crippen molar-refractivity contribution in [2.24, 2.45) is 0 Å². The van der Waals surface area contributed by atoms with Crippen LogP contribution < -0.4 is 0 Å². The molecule has 1 atom stereocenters. The second-order valence-corrected chi connectivity index (χ2v) is 4.24. The molecule has 0 spiro atoms. The highest BCUT2D eigenvalue weighted by atomic mass is 32.2. The molecule has 0 aliphatic rings. The minimum absolute atomic E-state index is 0.515. The molecule has 0 aromatic rings. The molecule has 13 heavy (non-hydrogen) atoms. The summed E-state index contributed by atoms with van der Waals surface area (Å²) in [6.07, 6.45) is 0. The van der Waals surface area contributed by atoms with Gasteiger partial charge in [-0.3, -0.25) is 13.5 Å². The smallest absolute Gasteiger partial charge is 0.319 e. The van der Waals surface area contributed by atoms with E-state index in [4.69, 9.17) is 4.55 Å². The molecular weight excluding hydrogens is 224 g/mol. The Labute approximate surface area is 77.6 Å². The lowest BCUT2D eigenvalue weighted by atomic mass is 10.9. The average Bonchev–Trinajstić information content (AvgIpc) is 1.81. The lowest BCUT2D eigenvalue weighted by Crippen LogP contribution is -2.17. The first-order chi connectivity index (χ1) is 5.83. The zero-order chi connectivity index (χ0) is 10.5. The summed E-state index contributed by atoms with van der Waals surface area (Å²) >= 11 is -2.52. The first-order valence-electron chi connectivity index (χ1n) is 3.00. The Morgan fingerprint density at radius 3 is 2.46 bits per heavy atom. The maximum Gasteiger partial charge on any atom is 0.319 e. The normalized spacial score (nSPS) is 13.7. The molecule has 0 aliphatic heterocycles. The lowest BCUT2D eigenvalue weighted by molar-refractivity contribution is -0.131. The molecule has 1 unspecified atom stereocenters. The predicted molar refractivity (Wildman–Crippen MR) is 42.3 cm³/mol. The van der Waals surface area contributed by atoms with E-state index in [0.717, 1.165) is 6.92 Å². The first-order valence-corrected chi connectivity index (χ1v) is 5.61. The average molecular weight is 232 g/mol. The monoisotopic (exact) mass is 232 g/mol. The van der Waals surface area contributed by atoms with E-state index in [1.165, 1.54) is 0 Å². The van der Waals surface area contributed by atoms with Crippen LogP contribution in [0.2, 0.25) is 0 Å². The van der Waals surface area contributed by atoms with Gasteiger partial charge in [0, 0.05) is 6.92 Å². The van der Waals surface area contributed by atoms with Crippen molar-refractivity contribution < 1.29 is 30.3 Å². The molecular formula is C4H8O7S2. The molecule has 0 aromatic heterocycles. The third-order valence-corrected chi connectivity index (χ3v) is 2.29. The second kappa shape index (κ2) is 5.27. The zero-order valence-electron chi connectivity index (χ0n) is 6.63. The fraction of sp³-hybridized carbons (Fsp3) is 0.750. The van der Waals surface area contributed by atoms with Crippen LogP contribution in [0.25, 0.3) is 0 Å². The van der Waals surface area contributed by atoms with Crippen molar-refractivity contribution in [3.8, 4) is 0 Å². The van der Waals surface area contributed by atoms with Crippen LogP contribution in [-0.4, -0.2) is 35.5 Å². The van der Waals surface area contributed by atoms with Gasteiger partial charge in [-0.05, 0) is 0 Å². The zero-order valence-corrected chi connectivity index (χ0v) is 8.26. The van der Waals surface area contributed by atoms with Crippen molar-refractivity contribution >= 4 is 27.4 Å². The Morgan fingerprint density at radius 1 is 1.54 bits per heavy atom. The molecule has 0 aliphatic carbocycles. The van der Waals surface area contributed by atoms with Crippen LogP contribution >= 0.6 is 0 Å². The molecule has 0 bridgehead atoms. The highest BCUT2D eigenvalue weighted by Gasteiger charge is 2.14. The molecule has 0 fully saturated rings.